The number of alkyl halides is 3. The van der Waals surface area contributed by atoms with Gasteiger partial charge in [0, 0.05) is 36.5 Å². The minimum Gasteiger partial charge on any atom is -0.355 e. The topological polar surface area (TPSA) is 88.9 Å². The first-order valence-corrected chi connectivity index (χ1v) is 13.7. The Labute approximate surface area is 248 Å². The summed E-state index contributed by atoms with van der Waals surface area (Å²) in [5.74, 6) is -4.01. The van der Waals surface area contributed by atoms with Crippen LogP contribution in [0.1, 0.15) is 70.8 Å². The fourth-order valence-electron chi connectivity index (χ4n) is 5.07. The zero-order valence-electron chi connectivity index (χ0n) is 23.6. The highest BCUT2D eigenvalue weighted by Crippen LogP contribution is 2.43. The van der Waals surface area contributed by atoms with Gasteiger partial charge >= 0.3 is 6.18 Å². The number of benzene rings is 2. The molecule has 1 fully saturated rings. The molecule has 2 N–H and O–H groups in total. The van der Waals surface area contributed by atoms with Gasteiger partial charge in [0.25, 0.3) is 5.91 Å². The highest BCUT2D eigenvalue weighted by atomic mass is 19.4. The van der Waals surface area contributed by atoms with Gasteiger partial charge in [-0.3, -0.25) is 19.3 Å². The first-order valence-electron chi connectivity index (χ1n) is 13.7. The van der Waals surface area contributed by atoms with Crippen LogP contribution in [0.2, 0.25) is 0 Å². The molecule has 2 heterocycles. The minimum atomic E-state index is -4.71. The molecular formula is C31H27F6N5O2. The minimum absolute atomic E-state index is 0.157. The molecule has 2 aromatic carbocycles. The van der Waals surface area contributed by atoms with Crippen LogP contribution in [-0.4, -0.2) is 33.6 Å². The molecule has 1 aliphatic rings. The summed E-state index contributed by atoms with van der Waals surface area (Å²) in [6.07, 6.45) is -2.12. The largest absolute Gasteiger partial charge is 0.435 e. The Bertz CT molecular complexity index is 1700. The number of hydrogen-bond donors (Lipinski definition) is 2. The summed E-state index contributed by atoms with van der Waals surface area (Å²) >= 11 is 0. The van der Waals surface area contributed by atoms with Gasteiger partial charge in [-0.1, -0.05) is 12.1 Å². The van der Waals surface area contributed by atoms with Crippen LogP contribution in [0.4, 0.5) is 26.3 Å². The molecule has 1 unspecified atom stereocenters. The first kappa shape index (κ1) is 30.8. The Balaban J connectivity index is 1.55. The molecule has 230 valence electrons. The monoisotopic (exact) mass is 615 g/mol. The van der Waals surface area contributed by atoms with E-state index in [-0.39, 0.29) is 34.9 Å². The van der Waals surface area contributed by atoms with Crippen molar-refractivity contribution in [2.75, 3.05) is 7.05 Å². The van der Waals surface area contributed by atoms with Gasteiger partial charge in [-0.25, -0.2) is 13.2 Å². The van der Waals surface area contributed by atoms with Crippen LogP contribution in [0.5, 0.6) is 0 Å². The van der Waals surface area contributed by atoms with Gasteiger partial charge < -0.3 is 10.6 Å². The number of halogens is 6. The highest BCUT2D eigenvalue weighted by molar-refractivity contribution is 5.95. The predicted molar refractivity (Wildman–Crippen MR) is 148 cm³/mol. The second-order valence-electron chi connectivity index (χ2n) is 10.6. The van der Waals surface area contributed by atoms with Crippen LogP contribution in [0, 0.1) is 17.5 Å². The number of rotatable bonds is 9. The fraction of sp³-hybridized carbons (Fsp3) is 0.290. The predicted octanol–water partition coefficient (Wildman–Crippen LogP) is 6.28. The maximum atomic E-state index is 14.5. The second-order valence-corrected chi connectivity index (χ2v) is 10.6. The van der Waals surface area contributed by atoms with E-state index < -0.39 is 53.2 Å². The highest BCUT2D eigenvalue weighted by Gasteiger charge is 2.39. The maximum absolute atomic E-state index is 14.5. The number of amides is 2. The molecule has 1 aliphatic carbocycles. The van der Waals surface area contributed by atoms with E-state index >= 15 is 0 Å². The standard InChI is InChI=1S/C31H27F6N5O2/c1-16(42-26(18-5-6-18)15-27(41-42)31(35,36)37)29(43)40-25(12-17-10-20(32)14-21(33)11-17)28-22(4-3-9-39-28)19-7-8-24(34)23(13-19)30(44)38-2/h3-4,7-11,13-16,18,25H,5-6,12H2,1-2H3,(H,38,44)(H,40,43)/t16?,25-/m0/s1. The molecule has 0 bridgehead atoms. The summed E-state index contributed by atoms with van der Waals surface area (Å²) < 4.78 is 84.3. The summed E-state index contributed by atoms with van der Waals surface area (Å²) in [6.45, 7) is 1.40. The number of nitrogens with zero attached hydrogens (tertiary/aromatic N) is 3. The Morgan fingerprint density at radius 3 is 2.36 bits per heavy atom. The third-order valence-electron chi connectivity index (χ3n) is 7.39. The van der Waals surface area contributed by atoms with Gasteiger partial charge in [0.05, 0.1) is 17.3 Å². The number of carbonyl (C=O) groups excluding carboxylic acids is 2. The van der Waals surface area contributed by atoms with Gasteiger partial charge in [-0.05, 0) is 73.7 Å². The zero-order valence-corrected chi connectivity index (χ0v) is 23.6. The lowest BCUT2D eigenvalue weighted by Crippen LogP contribution is -2.36. The number of nitrogens with one attached hydrogen (secondary N) is 2. The van der Waals surface area contributed by atoms with E-state index in [1.807, 2.05) is 0 Å². The second kappa shape index (κ2) is 12.1. The molecular weight excluding hydrogens is 588 g/mol. The lowest BCUT2D eigenvalue weighted by molar-refractivity contribution is -0.142. The van der Waals surface area contributed by atoms with Crippen molar-refractivity contribution in [2.24, 2.45) is 0 Å². The van der Waals surface area contributed by atoms with E-state index in [9.17, 15) is 35.9 Å². The van der Waals surface area contributed by atoms with Gasteiger partial charge in [-0.15, -0.1) is 0 Å². The lowest BCUT2D eigenvalue weighted by Gasteiger charge is -2.24. The fourth-order valence-corrected chi connectivity index (χ4v) is 5.07. The summed E-state index contributed by atoms with van der Waals surface area (Å²) in [6, 6.07) is 8.59. The van der Waals surface area contributed by atoms with Crippen LogP contribution in [0.3, 0.4) is 0 Å². The summed E-state index contributed by atoms with van der Waals surface area (Å²) in [7, 11) is 1.35. The smallest absolute Gasteiger partial charge is 0.355 e. The van der Waals surface area contributed by atoms with E-state index in [2.05, 4.69) is 20.7 Å². The molecule has 2 atom stereocenters. The number of pyridine rings is 1. The number of hydrogen-bond acceptors (Lipinski definition) is 4. The third kappa shape index (κ3) is 6.61. The zero-order chi connectivity index (χ0) is 31.8. The van der Waals surface area contributed by atoms with Crippen molar-refractivity contribution >= 4 is 11.8 Å². The molecule has 44 heavy (non-hydrogen) atoms. The van der Waals surface area contributed by atoms with Crippen LogP contribution >= 0.6 is 0 Å². The summed E-state index contributed by atoms with van der Waals surface area (Å²) in [5.41, 5.74) is 0.0584. The van der Waals surface area contributed by atoms with Gasteiger partial charge in [-0.2, -0.15) is 18.3 Å². The van der Waals surface area contributed by atoms with Crippen molar-refractivity contribution in [2.45, 2.75) is 50.4 Å². The van der Waals surface area contributed by atoms with Crippen LogP contribution in [0.25, 0.3) is 11.1 Å². The van der Waals surface area contributed by atoms with Crippen molar-refractivity contribution in [3.05, 3.63) is 106 Å². The van der Waals surface area contributed by atoms with Gasteiger partial charge in [0.15, 0.2) is 5.69 Å². The van der Waals surface area contributed by atoms with Crippen molar-refractivity contribution in [1.29, 1.82) is 0 Å². The first-order chi connectivity index (χ1) is 20.8. The number of carbonyl (C=O) groups is 2. The average Bonchev–Trinajstić information content (AvgIpc) is 3.72. The molecule has 2 amide bonds. The SMILES string of the molecule is CNC(=O)c1cc(-c2cccnc2[C@H](Cc2cc(F)cc(F)c2)NC(=O)C(C)n2nc(C(F)(F)F)cc2C2CC2)ccc1F. The van der Waals surface area contributed by atoms with E-state index in [0.717, 1.165) is 28.9 Å². The summed E-state index contributed by atoms with van der Waals surface area (Å²) in [4.78, 5) is 30.3. The Morgan fingerprint density at radius 2 is 1.73 bits per heavy atom. The van der Waals surface area contributed by atoms with Crippen molar-refractivity contribution < 1.29 is 35.9 Å². The molecule has 0 saturated heterocycles. The molecule has 13 heteroatoms. The Morgan fingerprint density at radius 1 is 1.02 bits per heavy atom. The maximum Gasteiger partial charge on any atom is 0.435 e. The summed E-state index contributed by atoms with van der Waals surface area (Å²) in [5, 5.41) is 8.85. The quantitative estimate of drug-likeness (QED) is 0.217. The molecule has 1 saturated carbocycles. The van der Waals surface area contributed by atoms with Crippen molar-refractivity contribution in [1.82, 2.24) is 25.4 Å². The average molecular weight is 616 g/mol. The molecule has 0 aliphatic heterocycles. The van der Waals surface area contributed by atoms with E-state index in [4.69, 9.17) is 0 Å². The van der Waals surface area contributed by atoms with Gasteiger partial charge in [0.2, 0.25) is 5.91 Å². The molecule has 5 rings (SSSR count). The van der Waals surface area contributed by atoms with E-state index in [1.165, 1.54) is 32.3 Å². The molecule has 7 nitrogen and oxygen atoms in total. The van der Waals surface area contributed by atoms with Crippen LogP contribution in [-0.2, 0) is 17.4 Å². The number of aromatic nitrogens is 3. The Hall–Kier alpha value is -4.68. The molecule has 4 aromatic rings. The van der Waals surface area contributed by atoms with Crippen LogP contribution in [0.15, 0.2) is 60.8 Å². The van der Waals surface area contributed by atoms with Crippen molar-refractivity contribution in [3.63, 3.8) is 0 Å². The van der Waals surface area contributed by atoms with E-state index in [0.29, 0.717) is 30.0 Å². The molecule has 2 aromatic heterocycles. The van der Waals surface area contributed by atoms with Gasteiger partial charge in [0.1, 0.15) is 23.5 Å². The van der Waals surface area contributed by atoms with Crippen molar-refractivity contribution in [3.8, 4) is 11.1 Å². The Kier molecular flexibility index (Phi) is 8.49. The molecule has 0 radical (unpaired) electrons. The third-order valence-corrected chi connectivity index (χ3v) is 7.39. The van der Waals surface area contributed by atoms with Crippen LogP contribution < -0.4 is 10.6 Å². The molecule has 0 spiro atoms. The van der Waals surface area contributed by atoms with E-state index in [1.54, 1.807) is 12.1 Å². The normalized spacial score (nSPS) is 14.6. The lowest BCUT2D eigenvalue weighted by atomic mass is 9.94.